The Morgan fingerprint density at radius 2 is 1.93 bits per heavy atom. The van der Waals surface area contributed by atoms with Gasteiger partial charge in [-0.25, -0.2) is 9.07 Å². The predicted octanol–water partition coefficient (Wildman–Crippen LogP) is 2.54. The fourth-order valence-electron chi connectivity index (χ4n) is 3.30. The van der Waals surface area contributed by atoms with Gasteiger partial charge in [0.2, 0.25) is 0 Å². The lowest BCUT2D eigenvalue weighted by molar-refractivity contribution is -0.134. The summed E-state index contributed by atoms with van der Waals surface area (Å²) in [6, 6.07) is 13.5. The first-order chi connectivity index (χ1) is 13.2. The van der Waals surface area contributed by atoms with E-state index >= 15 is 0 Å². The number of carbonyl (C=O) groups excluding carboxylic acids is 1. The van der Waals surface area contributed by atoms with Crippen LogP contribution in [0.2, 0.25) is 0 Å². The summed E-state index contributed by atoms with van der Waals surface area (Å²) < 4.78 is 20.3. The molecule has 0 bridgehead atoms. The number of ether oxygens (including phenoxy) is 1. The lowest BCUT2D eigenvalue weighted by Gasteiger charge is -2.25. The van der Waals surface area contributed by atoms with Crippen molar-refractivity contribution in [2.45, 2.75) is 18.9 Å². The van der Waals surface area contributed by atoms with Gasteiger partial charge in [0.05, 0.1) is 11.7 Å². The van der Waals surface area contributed by atoms with Crippen molar-refractivity contribution in [3.05, 3.63) is 66.2 Å². The van der Waals surface area contributed by atoms with Crippen molar-refractivity contribution < 1.29 is 13.9 Å². The predicted molar refractivity (Wildman–Crippen MR) is 94.7 cm³/mol. The highest BCUT2D eigenvalue weighted by Crippen LogP contribution is 2.32. The quantitative estimate of drug-likeness (QED) is 0.693. The number of nitrogens with zero attached hydrogens (tertiary/aromatic N) is 5. The molecule has 0 N–H and O–H groups in total. The summed E-state index contributed by atoms with van der Waals surface area (Å²) in [7, 11) is 0. The molecule has 4 rings (SSSR count). The number of aromatic nitrogens is 4. The van der Waals surface area contributed by atoms with Crippen LogP contribution in [0.3, 0.4) is 0 Å². The second kappa shape index (κ2) is 7.53. The summed E-state index contributed by atoms with van der Waals surface area (Å²) in [6.45, 7) is 0.643. The number of hydrogen-bond donors (Lipinski definition) is 0. The average Bonchev–Trinajstić information content (AvgIpc) is 3.39. The van der Waals surface area contributed by atoms with Crippen LogP contribution in [-0.2, 0) is 4.79 Å². The number of hydrogen-bond acceptors (Lipinski definition) is 5. The van der Waals surface area contributed by atoms with Crippen molar-refractivity contribution >= 4 is 5.91 Å². The highest BCUT2D eigenvalue weighted by atomic mass is 19.1. The maximum Gasteiger partial charge on any atom is 0.261 e. The van der Waals surface area contributed by atoms with E-state index in [1.165, 1.54) is 23.1 Å². The van der Waals surface area contributed by atoms with Crippen molar-refractivity contribution in [2.24, 2.45) is 0 Å². The molecular weight excluding hydrogens is 349 g/mol. The van der Waals surface area contributed by atoms with E-state index in [-0.39, 0.29) is 24.4 Å². The Hall–Kier alpha value is -3.29. The van der Waals surface area contributed by atoms with Gasteiger partial charge in [0.15, 0.2) is 6.61 Å². The van der Waals surface area contributed by atoms with Crippen LogP contribution >= 0.6 is 0 Å². The highest BCUT2D eigenvalue weighted by molar-refractivity contribution is 5.78. The molecule has 1 aliphatic heterocycles. The minimum Gasteiger partial charge on any atom is -0.484 e. The normalized spacial score (nSPS) is 16.5. The molecule has 8 heteroatoms. The number of benzene rings is 2. The van der Waals surface area contributed by atoms with Gasteiger partial charge >= 0.3 is 0 Å². The molecule has 138 valence electrons. The lowest BCUT2D eigenvalue weighted by Crippen LogP contribution is -2.34. The van der Waals surface area contributed by atoms with Crippen LogP contribution in [0.1, 0.15) is 24.4 Å². The molecule has 27 heavy (non-hydrogen) atoms. The Morgan fingerprint density at radius 1 is 1.15 bits per heavy atom. The second-order valence-corrected chi connectivity index (χ2v) is 6.33. The van der Waals surface area contributed by atoms with Crippen LogP contribution in [0.4, 0.5) is 4.39 Å². The van der Waals surface area contributed by atoms with Crippen LogP contribution < -0.4 is 4.74 Å². The molecule has 1 saturated heterocycles. The number of likely N-dealkylation sites (tertiary alicyclic amines) is 1. The van der Waals surface area contributed by atoms with Gasteiger partial charge in [0.25, 0.3) is 5.91 Å². The van der Waals surface area contributed by atoms with Gasteiger partial charge in [0.1, 0.15) is 17.9 Å². The molecule has 0 aliphatic carbocycles. The Bertz CT molecular complexity index is 897. The SMILES string of the molecule is O=C(COc1ccc(-n2cnnn2)cc1)N1CCC[C@@H]1c1ccc(F)cc1. The molecule has 0 saturated carbocycles. The minimum absolute atomic E-state index is 0.0242. The first kappa shape index (κ1) is 17.1. The number of amides is 1. The zero-order valence-electron chi connectivity index (χ0n) is 14.5. The summed E-state index contributed by atoms with van der Waals surface area (Å²) in [5.41, 5.74) is 1.75. The molecule has 0 spiro atoms. The van der Waals surface area contributed by atoms with E-state index in [2.05, 4.69) is 15.5 Å². The average molecular weight is 367 g/mol. The molecule has 1 atom stereocenters. The van der Waals surface area contributed by atoms with Gasteiger partial charge in [-0.2, -0.15) is 0 Å². The molecule has 1 aliphatic rings. The largest absolute Gasteiger partial charge is 0.484 e. The minimum atomic E-state index is -0.275. The standard InChI is InChI=1S/C19H18FN5O2/c20-15-5-3-14(4-6-15)18-2-1-11-24(18)19(26)12-27-17-9-7-16(8-10-17)25-13-21-22-23-25/h3-10,13,18H,1-2,11-12H2/t18-/m1/s1. The first-order valence-corrected chi connectivity index (χ1v) is 8.72. The molecule has 1 amide bonds. The van der Waals surface area contributed by atoms with Crippen LogP contribution in [0.25, 0.3) is 5.69 Å². The van der Waals surface area contributed by atoms with Crippen molar-refractivity contribution in [3.8, 4) is 11.4 Å². The Balaban J connectivity index is 1.38. The van der Waals surface area contributed by atoms with Gasteiger partial charge in [-0.05, 0) is 65.2 Å². The zero-order valence-corrected chi connectivity index (χ0v) is 14.5. The summed E-state index contributed by atoms with van der Waals surface area (Å²) in [5.74, 6) is 0.243. The third-order valence-electron chi connectivity index (χ3n) is 4.64. The third kappa shape index (κ3) is 3.79. The van der Waals surface area contributed by atoms with Crippen LogP contribution in [0.5, 0.6) is 5.75 Å². The van der Waals surface area contributed by atoms with Crippen molar-refractivity contribution in [1.29, 1.82) is 0 Å². The third-order valence-corrected chi connectivity index (χ3v) is 4.64. The fraction of sp³-hybridized carbons (Fsp3) is 0.263. The van der Waals surface area contributed by atoms with Gasteiger partial charge in [0, 0.05) is 6.54 Å². The highest BCUT2D eigenvalue weighted by Gasteiger charge is 2.30. The van der Waals surface area contributed by atoms with E-state index in [1.807, 2.05) is 17.0 Å². The number of halogens is 1. The Labute approximate surface area is 155 Å². The van der Waals surface area contributed by atoms with Gasteiger partial charge in [-0.15, -0.1) is 5.10 Å². The molecule has 0 radical (unpaired) electrons. The Kier molecular flexibility index (Phi) is 4.78. The molecule has 0 unspecified atom stereocenters. The monoisotopic (exact) mass is 367 g/mol. The molecular formula is C19H18FN5O2. The van der Waals surface area contributed by atoms with Crippen LogP contribution in [-0.4, -0.2) is 44.2 Å². The van der Waals surface area contributed by atoms with E-state index in [0.717, 1.165) is 24.1 Å². The second-order valence-electron chi connectivity index (χ2n) is 6.33. The van der Waals surface area contributed by atoms with Gasteiger partial charge < -0.3 is 9.64 Å². The Morgan fingerprint density at radius 3 is 2.63 bits per heavy atom. The molecule has 3 aromatic rings. The summed E-state index contributed by atoms with van der Waals surface area (Å²) >= 11 is 0. The zero-order chi connectivity index (χ0) is 18.6. The fourth-order valence-corrected chi connectivity index (χ4v) is 3.30. The molecule has 7 nitrogen and oxygen atoms in total. The van der Waals surface area contributed by atoms with Gasteiger partial charge in [-0.1, -0.05) is 12.1 Å². The number of rotatable bonds is 5. The first-order valence-electron chi connectivity index (χ1n) is 8.72. The molecule has 2 heterocycles. The molecule has 2 aromatic carbocycles. The van der Waals surface area contributed by atoms with E-state index in [1.54, 1.807) is 24.3 Å². The van der Waals surface area contributed by atoms with E-state index in [9.17, 15) is 9.18 Å². The van der Waals surface area contributed by atoms with E-state index < -0.39 is 0 Å². The molecule has 1 fully saturated rings. The summed E-state index contributed by atoms with van der Waals surface area (Å²) in [5, 5.41) is 11.0. The van der Waals surface area contributed by atoms with E-state index in [0.29, 0.717) is 12.3 Å². The lowest BCUT2D eigenvalue weighted by atomic mass is 10.0. The van der Waals surface area contributed by atoms with Gasteiger partial charge in [-0.3, -0.25) is 4.79 Å². The number of tetrazole rings is 1. The van der Waals surface area contributed by atoms with Crippen molar-refractivity contribution in [2.75, 3.05) is 13.2 Å². The van der Waals surface area contributed by atoms with Crippen molar-refractivity contribution in [1.82, 2.24) is 25.1 Å². The summed E-state index contributed by atoms with van der Waals surface area (Å²) in [4.78, 5) is 14.4. The van der Waals surface area contributed by atoms with Crippen LogP contribution in [0.15, 0.2) is 54.9 Å². The van der Waals surface area contributed by atoms with Crippen LogP contribution in [0, 0.1) is 5.82 Å². The maximum atomic E-state index is 13.1. The van der Waals surface area contributed by atoms with E-state index in [4.69, 9.17) is 4.74 Å². The summed E-state index contributed by atoms with van der Waals surface area (Å²) in [6.07, 6.45) is 3.30. The maximum absolute atomic E-state index is 13.1. The molecule has 1 aromatic heterocycles. The topological polar surface area (TPSA) is 73.1 Å². The number of carbonyl (C=O) groups is 1. The smallest absolute Gasteiger partial charge is 0.261 e. The van der Waals surface area contributed by atoms with Crippen molar-refractivity contribution in [3.63, 3.8) is 0 Å².